The third-order valence-corrected chi connectivity index (χ3v) is 7.06. The highest BCUT2D eigenvalue weighted by Crippen LogP contribution is 2.09. The summed E-state index contributed by atoms with van der Waals surface area (Å²) in [5.41, 5.74) is 28.5. The van der Waals surface area contributed by atoms with E-state index in [4.69, 9.17) is 28.7 Å². The number of nitrogens with two attached hydrogens (primary N) is 5. The maximum absolute atomic E-state index is 13.4. The van der Waals surface area contributed by atoms with E-state index in [0.717, 1.165) is 5.56 Å². The van der Waals surface area contributed by atoms with Crippen LogP contribution in [0, 0.1) is 5.92 Å². The van der Waals surface area contributed by atoms with Gasteiger partial charge in [-0.1, -0.05) is 44.2 Å². The second kappa shape index (κ2) is 21.1. The predicted molar refractivity (Wildman–Crippen MR) is 175 cm³/mol. The Balaban J connectivity index is 3.12. The van der Waals surface area contributed by atoms with Gasteiger partial charge in [-0.15, -0.1) is 0 Å². The number of benzene rings is 1. The molecule has 5 amide bonds. The SMILES string of the molecule is CC(C)[C@H](NC(=O)[C@H](CC(N)=O)NC(=O)[C@H](CCCN=C(N)N)NC(=O)[C@@H](N)Cc1ccccc1)C(=O)N[C@@H](CCCCN)C(=O)O. The number of primary amides is 1. The molecule has 0 saturated heterocycles. The van der Waals surface area contributed by atoms with Crippen molar-refractivity contribution in [2.45, 2.75) is 89.0 Å². The van der Waals surface area contributed by atoms with Crippen LogP contribution in [0.3, 0.4) is 0 Å². The number of hydrogen-bond acceptors (Lipinski definition) is 9. The number of nitrogens with one attached hydrogen (secondary N) is 4. The van der Waals surface area contributed by atoms with Gasteiger partial charge in [-0.25, -0.2) is 4.79 Å². The van der Waals surface area contributed by atoms with Crippen LogP contribution >= 0.6 is 0 Å². The monoisotopic (exact) mass is 662 g/mol. The van der Waals surface area contributed by atoms with Crippen molar-refractivity contribution in [3.63, 3.8) is 0 Å². The van der Waals surface area contributed by atoms with Crippen molar-refractivity contribution >= 4 is 41.5 Å². The van der Waals surface area contributed by atoms with Crippen molar-refractivity contribution in [3.05, 3.63) is 35.9 Å². The van der Waals surface area contributed by atoms with E-state index in [9.17, 15) is 33.9 Å². The molecule has 15 N–H and O–H groups in total. The van der Waals surface area contributed by atoms with Crippen molar-refractivity contribution < 1.29 is 33.9 Å². The number of carboxylic acid groups (broad SMARTS) is 1. The van der Waals surface area contributed by atoms with Gasteiger partial charge in [-0.05, 0) is 56.6 Å². The van der Waals surface area contributed by atoms with Crippen molar-refractivity contribution in [3.8, 4) is 0 Å². The Morgan fingerprint density at radius 1 is 0.766 bits per heavy atom. The summed E-state index contributed by atoms with van der Waals surface area (Å²) in [5, 5.41) is 19.5. The van der Waals surface area contributed by atoms with E-state index < -0.39 is 78.1 Å². The molecular formula is C30H50N10O7. The van der Waals surface area contributed by atoms with Gasteiger partial charge >= 0.3 is 5.97 Å². The van der Waals surface area contributed by atoms with Crippen LogP contribution in [0.15, 0.2) is 35.3 Å². The average Bonchev–Trinajstić information content (AvgIpc) is 3.00. The molecule has 1 aromatic rings. The molecule has 47 heavy (non-hydrogen) atoms. The molecule has 0 aliphatic carbocycles. The fraction of sp³-hybridized carbons (Fsp3) is 0.567. The van der Waals surface area contributed by atoms with Crippen LogP contribution < -0.4 is 49.9 Å². The lowest BCUT2D eigenvalue weighted by Gasteiger charge is -2.27. The molecule has 0 spiro atoms. The molecule has 0 saturated carbocycles. The molecule has 17 nitrogen and oxygen atoms in total. The highest BCUT2D eigenvalue weighted by molar-refractivity contribution is 5.97. The molecule has 0 bridgehead atoms. The Hall–Kier alpha value is -4.77. The number of carbonyl (C=O) groups excluding carboxylic acids is 5. The molecule has 0 aliphatic heterocycles. The Morgan fingerprint density at radius 3 is 1.89 bits per heavy atom. The minimum absolute atomic E-state index is 0.0368. The standard InChI is InChI=1S/C30H50N10O7/c1-17(2)24(28(45)38-21(29(46)47)11-6-7-13-31)40-27(44)22(16-23(33)41)39-26(43)20(12-8-14-36-30(34)35)37-25(42)19(32)15-18-9-4-3-5-10-18/h3-5,9-10,17,19-22,24H,6-8,11-16,31-32H2,1-2H3,(H2,33,41)(H,37,42)(H,38,45)(H,39,43)(H,40,44)(H,46,47)(H4,34,35,36)/t19-,20-,21-,22-,24-/m0/s1. The summed E-state index contributed by atoms with van der Waals surface area (Å²) in [5.74, 6) is -6.01. The number of nitrogens with zero attached hydrogens (tertiary/aromatic N) is 1. The minimum atomic E-state index is -1.54. The van der Waals surface area contributed by atoms with Crippen molar-refractivity contribution in [1.82, 2.24) is 21.3 Å². The average molecular weight is 663 g/mol. The number of guanidine groups is 1. The maximum Gasteiger partial charge on any atom is 0.326 e. The molecule has 0 aromatic heterocycles. The number of aliphatic imine (C=N–C) groups is 1. The number of aliphatic carboxylic acids is 1. The van der Waals surface area contributed by atoms with Crippen LogP contribution in [-0.2, 0) is 35.2 Å². The fourth-order valence-corrected chi connectivity index (χ4v) is 4.50. The molecule has 0 heterocycles. The highest BCUT2D eigenvalue weighted by atomic mass is 16.4. The second-order valence-corrected chi connectivity index (χ2v) is 11.5. The van der Waals surface area contributed by atoms with Gasteiger partial charge in [-0.3, -0.25) is 29.0 Å². The summed E-state index contributed by atoms with van der Waals surface area (Å²) < 4.78 is 0. The molecule has 0 fully saturated rings. The van der Waals surface area contributed by atoms with Crippen molar-refractivity contribution in [2.75, 3.05) is 13.1 Å². The van der Waals surface area contributed by atoms with Crippen LogP contribution in [0.25, 0.3) is 0 Å². The molecule has 0 radical (unpaired) electrons. The van der Waals surface area contributed by atoms with Gasteiger partial charge in [0.05, 0.1) is 12.5 Å². The number of carboxylic acids is 1. The summed E-state index contributed by atoms with van der Waals surface area (Å²) in [7, 11) is 0. The number of unbranched alkanes of at least 4 members (excludes halogenated alkanes) is 1. The quantitative estimate of drug-likeness (QED) is 0.0346. The normalized spacial score (nSPS) is 14.1. The van der Waals surface area contributed by atoms with Crippen LogP contribution in [0.1, 0.15) is 57.9 Å². The topological polar surface area (TPSA) is 313 Å². The van der Waals surface area contributed by atoms with Crippen LogP contribution in [0.5, 0.6) is 0 Å². The fourth-order valence-electron chi connectivity index (χ4n) is 4.50. The first-order valence-electron chi connectivity index (χ1n) is 15.4. The first-order valence-corrected chi connectivity index (χ1v) is 15.4. The Labute approximate surface area is 274 Å². The maximum atomic E-state index is 13.4. The summed E-state index contributed by atoms with van der Waals surface area (Å²) in [6.07, 6.45) is 0.993. The summed E-state index contributed by atoms with van der Waals surface area (Å²) in [4.78, 5) is 80.3. The van der Waals surface area contributed by atoms with Gasteiger partial charge < -0.3 is 55.0 Å². The first kappa shape index (κ1) is 40.3. The van der Waals surface area contributed by atoms with E-state index in [1.165, 1.54) is 0 Å². The predicted octanol–water partition coefficient (Wildman–Crippen LogP) is -2.71. The van der Waals surface area contributed by atoms with Gasteiger partial charge in [0.25, 0.3) is 0 Å². The van der Waals surface area contributed by atoms with E-state index >= 15 is 0 Å². The number of rotatable bonds is 22. The molecular weight excluding hydrogens is 612 g/mol. The molecule has 0 unspecified atom stereocenters. The van der Waals surface area contributed by atoms with Crippen molar-refractivity contribution in [2.24, 2.45) is 39.6 Å². The Morgan fingerprint density at radius 2 is 1.34 bits per heavy atom. The third kappa shape index (κ3) is 15.9. The first-order chi connectivity index (χ1) is 22.2. The number of amides is 5. The van der Waals surface area contributed by atoms with Crippen LogP contribution in [0.4, 0.5) is 0 Å². The smallest absolute Gasteiger partial charge is 0.326 e. The van der Waals surface area contributed by atoms with Crippen LogP contribution in [0.2, 0.25) is 0 Å². The van der Waals surface area contributed by atoms with E-state index in [2.05, 4.69) is 26.3 Å². The van der Waals surface area contributed by atoms with Gasteiger partial charge in [0.15, 0.2) is 5.96 Å². The Kier molecular flexibility index (Phi) is 18.1. The summed E-state index contributed by atoms with van der Waals surface area (Å²) in [6.45, 7) is 3.74. The highest BCUT2D eigenvalue weighted by Gasteiger charge is 2.33. The van der Waals surface area contributed by atoms with Gasteiger partial charge in [0, 0.05) is 6.54 Å². The Bertz CT molecular complexity index is 1220. The zero-order chi connectivity index (χ0) is 35.5. The van der Waals surface area contributed by atoms with Crippen molar-refractivity contribution in [1.29, 1.82) is 0 Å². The van der Waals surface area contributed by atoms with E-state index in [1.54, 1.807) is 38.1 Å². The van der Waals surface area contributed by atoms with Crippen LogP contribution in [-0.4, -0.2) is 89.9 Å². The zero-order valence-corrected chi connectivity index (χ0v) is 26.9. The molecule has 262 valence electrons. The molecule has 0 aliphatic rings. The van der Waals surface area contributed by atoms with Gasteiger partial charge in [0.2, 0.25) is 29.5 Å². The number of hydrogen-bond donors (Lipinski definition) is 10. The van der Waals surface area contributed by atoms with Gasteiger partial charge in [0.1, 0.15) is 24.2 Å². The third-order valence-electron chi connectivity index (χ3n) is 7.06. The molecule has 17 heteroatoms. The van der Waals surface area contributed by atoms with E-state index in [1.807, 2.05) is 6.07 Å². The largest absolute Gasteiger partial charge is 0.480 e. The second-order valence-electron chi connectivity index (χ2n) is 11.5. The minimum Gasteiger partial charge on any atom is -0.480 e. The lowest BCUT2D eigenvalue weighted by atomic mass is 10.0. The zero-order valence-electron chi connectivity index (χ0n) is 26.9. The molecule has 5 atom stereocenters. The molecule has 1 rings (SSSR count). The summed E-state index contributed by atoms with van der Waals surface area (Å²) >= 11 is 0. The number of carbonyl (C=O) groups is 6. The van der Waals surface area contributed by atoms with Gasteiger partial charge in [-0.2, -0.15) is 0 Å². The lowest BCUT2D eigenvalue weighted by Crippen LogP contribution is -2.60. The van der Waals surface area contributed by atoms with E-state index in [-0.39, 0.29) is 38.2 Å². The summed E-state index contributed by atoms with van der Waals surface area (Å²) in [6, 6.07) is 2.81. The lowest BCUT2D eigenvalue weighted by molar-refractivity contribution is -0.143. The molecule has 1 aromatic carbocycles. The van der Waals surface area contributed by atoms with E-state index in [0.29, 0.717) is 19.4 Å².